The number of rotatable bonds is 7. The predicted octanol–water partition coefficient (Wildman–Crippen LogP) is 7.40. The van der Waals surface area contributed by atoms with Crippen LogP contribution in [0.3, 0.4) is 0 Å². The Hall–Kier alpha value is -3.20. The van der Waals surface area contributed by atoms with Gasteiger partial charge in [0, 0.05) is 29.4 Å². The van der Waals surface area contributed by atoms with Crippen molar-refractivity contribution in [2.45, 2.75) is 38.2 Å². The molecule has 7 nitrogen and oxygen atoms in total. The first-order chi connectivity index (χ1) is 18.5. The molecule has 1 amide bonds. The second kappa shape index (κ2) is 10.5. The minimum Gasteiger partial charge on any atom is -0.473 e. The third-order valence-electron chi connectivity index (χ3n) is 6.61. The molecule has 0 spiro atoms. The summed E-state index contributed by atoms with van der Waals surface area (Å²) in [7, 11) is 0. The van der Waals surface area contributed by atoms with Gasteiger partial charge in [-0.05, 0) is 61.6 Å². The number of nitrogens with zero attached hydrogens (tertiary/aromatic N) is 2. The minimum atomic E-state index is -0.160. The molecular weight excluding hydrogens is 545 g/mol. The molecule has 2 aromatic carbocycles. The highest BCUT2D eigenvalue weighted by atomic mass is 35.5. The smallest absolute Gasteiger partial charge is 0.261 e. The standard InChI is InChI=1S/C28H23Cl2N3O4S/c1-38-33-28(34)17-8-5-15-9-10-21-22(36-23(15)13-17)11-12-24(31-21)35-14-18-26(32-37-27(18)16-6-7-16)25-19(29)3-2-4-20(25)30/h2-5,8,11-13,16H,6-7,9-10,14H2,1H3,(H,33,34). The molecule has 0 bridgehead atoms. The Labute approximate surface area is 233 Å². The highest BCUT2D eigenvalue weighted by Crippen LogP contribution is 2.46. The number of nitrogens with one attached hydrogen (secondary N) is 1. The highest BCUT2D eigenvalue weighted by molar-refractivity contribution is 7.97. The Bertz CT molecular complexity index is 1520. The number of benzene rings is 2. The summed E-state index contributed by atoms with van der Waals surface area (Å²) in [6.45, 7) is 0.215. The van der Waals surface area contributed by atoms with Gasteiger partial charge in [0.15, 0.2) is 0 Å². The summed E-state index contributed by atoms with van der Waals surface area (Å²) in [5.74, 6) is 2.75. The van der Waals surface area contributed by atoms with E-state index in [1.54, 1.807) is 30.3 Å². The van der Waals surface area contributed by atoms with Crippen LogP contribution in [0.15, 0.2) is 53.1 Å². The van der Waals surface area contributed by atoms with Crippen molar-refractivity contribution in [1.82, 2.24) is 14.9 Å². The number of halogens is 2. The van der Waals surface area contributed by atoms with Gasteiger partial charge in [0.1, 0.15) is 29.6 Å². The van der Waals surface area contributed by atoms with Crippen molar-refractivity contribution in [3.05, 3.63) is 86.7 Å². The van der Waals surface area contributed by atoms with Crippen molar-refractivity contribution in [3.63, 3.8) is 0 Å². The third-order valence-corrected chi connectivity index (χ3v) is 7.63. The summed E-state index contributed by atoms with van der Waals surface area (Å²) in [5, 5.41) is 5.33. The summed E-state index contributed by atoms with van der Waals surface area (Å²) >= 11 is 14.2. The van der Waals surface area contributed by atoms with E-state index in [0.29, 0.717) is 56.6 Å². The molecule has 0 saturated heterocycles. The van der Waals surface area contributed by atoms with Gasteiger partial charge in [0.05, 0.1) is 21.3 Å². The molecule has 0 radical (unpaired) electrons. The fourth-order valence-electron chi connectivity index (χ4n) is 4.54. The average Bonchev–Trinajstić information content (AvgIpc) is 3.70. The highest BCUT2D eigenvalue weighted by Gasteiger charge is 2.34. The molecule has 38 heavy (non-hydrogen) atoms. The zero-order valence-corrected chi connectivity index (χ0v) is 22.8. The molecule has 4 aromatic rings. The summed E-state index contributed by atoms with van der Waals surface area (Å²) in [6, 6.07) is 14.5. The van der Waals surface area contributed by atoms with Gasteiger partial charge in [0.25, 0.3) is 5.91 Å². The van der Waals surface area contributed by atoms with E-state index in [4.69, 9.17) is 42.2 Å². The summed E-state index contributed by atoms with van der Waals surface area (Å²) < 4.78 is 20.8. The second-order valence-corrected chi connectivity index (χ2v) is 10.6. The predicted molar refractivity (Wildman–Crippen MR) is 147 cm³/mol. The van der Waals surface area contributed by atoms with Gasteiger partial charge in [-0.25, -0.2) is 4.98 Å². The number of ether oxygens (including phenoxy) is 2. The van der Waals surface area contributed by atoms with Crippen LogP contribution in [0.25, 0.3) is 11.3 Å². The molecule has 2 aliphatic rings. The zero-order chi connectivity index (χ0) is 26.2. The number of aryl methyl sites for hydroxylation is 2. The molecule has 0 atom stereocenters. The van der Waals surface area contributed by atoms with E-state index in [9.17, 15) is 4.79 Å². The fraction of sp³-hybridized carbons (Fsp3) is 0.250. The van der Waals surface area contributed by atoms with Crippen molar-refractivity contribution in [2.75, 3.05) is 6.26 Å². The van der Waals surface area contributed by atoms with E-state index in [1.165, 1.54) is 11.9 Å². The normalized spacial score (nSPS) is 14.2. The van der Waals surface area contributed by atoms with Crippen molar-refractivity contribution in [2.24, 2.45) is 0 Å². The van der Waals surface area contributed by atoms with Crippen LogP contribution in [0.4, 0.5) is 0 Å². The van der Waals surface area contributed by atoms with E-state index in [-0.39, 0.29) is 12.5 Å². The van der Waals surface area contributed by atoms with Crippen LogP contribution >= 0.6 is 35.1 Å². The third kappa shape index (κ3) is 4.96. The van der Waals surface area contributed by atoms with Crippen LogP contribution in [0.1, 0.15) is 51.7 Å². The summed E-state index contributed by atoms with van der Waals surface area (Å²) in [4.78, 5) is 17.0. The SMILES string of the molecule is CSNC(=O)c1ccc2c(c1)Oc1ccc(OCc3c(-c4c(Cl)cccc4Cl)noc3C3CC3)nc1CC2. The summed E-state index contributed by atoms with van der Waals surface area (Å²) in [6.07, 6.45) is 5.32. The van der Waals surface area contributed by atoms with Crippen molar-refractivity contribution in [3.8, 4) is 28.6 Å². The topological polar surface area (TPSA) is 86.5 Å². The number of aromatic nitrogens is 2. The molecule has 3 heterocycles. The molecular formula is C28H23Cl2N3O4S. The lowest BCUT2D eigenvalue weighted by Gasteiger charge is -2.12. The fourth-order valence-corrected chi connectivity index (χ4v) is 5.42. The molecule has 1 fully saturated rings. The second-order valence-electron chi connectivity index (χ2n) is 9.19. The number of carbonyl (C=O) groups is 1. The van der Waals surface area contributed by atoms with Gasteiger partial charge in [-0.1, -0.05) is 52.4 Å². The Morgan fingerprint density at radius 2 is 1.92 bits per heavy atom. The first-order valence-corrected chi connectivity index (χ1v) is 14.2. The maximum Gasteiger partial charge on any atom is 0.261 e. The first-order valence-electron chi connectivity index (χ1n) is 12.2. The quantitative estimate of drug-likeness (QED) is 0.233. The van der Waals surface area contributed by atoms with Gasteiger partial charge in [0.2, 0.25) is 5.88 Å². The number of pyridine rings is 1. The van der Waals surface area contributed by atoms with Crippen molar-refractivity contribution in [1.29, 1.82) is 0 Å². The van der Waals surface area contributed by atoms with E-state index in [0.717, 1.165) is 41.8 Å². The Balaban J connectivity index is 1.24. The molecule has 2 aromatic heterocycles. The Morgan fingerprint density at radius 1 is 1.11 bits per heavy atom. The minimum absolute atomic E-state index is 0.160. The largest absolute Gasteiger partial charge is 0.473 e. The van der Waals surface area contributed by atoms with E-state index >= 15 is 0 Å². The van der Waals surface area contributed by atoms with Crippen LogP contribution in [-0.2, 0) is 19.4 Å². The first kappa shape index (κ1) is 25.1. The maximum absolute atomic E-state index is 12.3. The number of carbonyl (C=O) groups excluding carboxylic acids is 1. The van der Waals surface area contributed by atoms with E-state index in [1.807, 2.05) is 24.5 Å². The number of hydrogen-bond acceptors (Lipinski definition) is 7. The van der Waals surface area contributed by atoms with Crippen LogP contribution in [-0.4, -0.2) is 22.3 Å². The van der Waals surface area contributed by atoms with Crippen molar-refractivity contribution >= 4 is 41.1 Å². The van der Waals surface area contributed by atoms with Crippen molar-refractivity contribution < 1.29 is 18.8 Å². The lowest BCUT2D eigenvalue weighted by atomic mass is 10.0. The Kier molecular flexibility index (Phi) is 6.95. The lowest BCUT2D eigenvalue weighted by molar-refractivity contribution is 0.0984. The number of fused-ring (bicyclic) bond motifs is 2. The molecule has 1 saturated carbocycles. The van der Waals surface area contributed by atoms with Crippen LogP contribution in [0.2, 0.25) is 10.0 Å². The van der Waals surface area contributed by atoms with E-state index < -0.39 is 0 Å². The zero-order valence-electron chi connectivity index (χ0n) is 20.4. The van der Waals surface area contributed by atoms with Crippen LogP contribution in [0, 0.1) is 0 Å². The average molecular weight is 568 g/mol. The molecule has 1 aliphatic heterocycles. The molecule has 194 valence electrons. The number of amides is 1. The monoisotopic (exact) mass is 567 g/mol. The summed E-state index contributed by atoms with van der Waals surface area (Å²) in [5.41, 5.74) is 4.42. The van der Waals surface area contributed by atoms with Gasteiger partial charge >= 0.3 is 0 Å². The lowest BCUT2D eigenvalue weighted by Crippen LogP contribution is -2.15. The van der Waals surface area contributed by atoms with E-state index in [2.05, 4.69) is 9.88 Å². The molecule has 6 rings (SSSR count). The maximum atomic E-state index is 12.3. The molecule has 10 heteroatoms. The molecule has 1 N–H and O–H groups in total. The van der Waals surface area contributed by atoms with Gasteiger partial charge in [-0.2, -0.15) is 0 Å². The van der Waals surface area contributed by atoms with Crippen LogP contribution < -0.4 is 14.2 Å². The molecule has 0 unspecified atom stereocenters. The van der Waals surface area contributed by atoms with Gasteiger partial charge < -0.3 is 14.0 Å². The van der Waals surface area contributed by atoms with Crippen LogP contribution in [0.5, 0.6) is 17.4 Å². The van der Waals surface area contributed by atoms with Gasteiger partial charge in [-0.15, -0.1) is 0 Å². The molecule has 1 aliphatic carbocycles. The number of hydrogen-bond donors (Lipinski definition) is 1. The Morgan fingerprint density at radius 3 is 2.68 bits per heavy atom. The van der Waals surface area contributed by atoms with Gasteiger partial charge in [-0.3, -0.25) is 9.52 Å².